The van der Waals surface area contributed by atoms with Gasteiger partial charge in [0.05, 0.1) is 18.1 Å². The van der Waals surface area contributed by atoms with Crippen LogP contribution >= 0.6 is 0 Å². The van der Waals surface area contributed by atoms with Crippen molar-refractivity contribution >= 4 is 22.8 Å². The van der Waals surface area contributed by atoms with Crippen LogP contribution in [-0.2, 0) is 11.3 Å². The van der Waals surface area contributed by atoms with E-state index in [-0.39, 0.29) is 11.9 Å². The Labute approximate surface area is 185 Å². The highest BCUT2D eigenvalue weighted by Crippen LogP contribution is 2.17. The quantitative estimate of drug-likeness (QED) is 0.592. The molecule has 1 atom stereocenters. The van der Waals surface area contributed by atoms with Crippen molar-refractivity contribution in [2.24, 2.45) is 4.99 Å². The molecule has 2 aromatic rings. The maximum Gasteiger partial charge on any atom is 0.239 e. The number of piperazine rings is 1. The average molecular weight is 423 g/mol. The molecule has 2 fully saturated rings. The number of fused-ring (bicyclic) bond motifs is 1. The summed E-state index contributed by atoms with van der Waals surface area (Å²) in [5, 5.41) is 4.59. The van der Waals surface area contributed by atoms with Crippen molar-refractivity contribution < 1.29 is 4.79 Å². The number of guanidine groups is 1. The van der Waals surface area contributed by atoms with Gasteiger partial charge in [-0.2, -0.15) is 0 Å². The number of hydrogen-bond donors (Lipinski definition) is 1. The van der Waals surface area contributed by atoms with Gasteiger partial charge in [-0.1, -0.05) is 24.3 Å². The number of aromatic nitrogens is 1. The molecule has 2 aliphatic heterocycles. The average Bonchev–Trinajstić information content (AvgIpc) is 3.36. The third-order valence-electron chi connectivity index (χ3n) is 6.39. The summed E-state index contributed by atoms with van der Waals surface area (Å²) in [4.78, 5) is 28.9. The van der Waals surface area contributed by atoms with E-state index >= 15 is 0 Å². The van der Waals surface area contributed by atoms with Gasteiger partial charge in [-0.05, 0) is 38.3 Å². The van der Waals surface area contributed by atoms with Crippen LogP contribution in [0.5, 0.6) is 0 Å². The molecule has 3 heterocycles. The molecule has 1 aromatic carbocycles. The molecular weight excluding hydrogens is 388 g/mol. The lowest BCUT2D eigenvalue weighted by Gasteiger charge is -2.39. The van der Waals surface area contributed by atoms with Crippen molar-refractivity contribution in [2.45, 2.75) is 39.3 Å². The van der Waals surface area contributed by atoms with Crippen molar-refractivity contribution in [1.29, 1.82) is 0 Å². The number of carbonyl (C=O) groups excluding carboxylic acids is 1. The Hall–Kier alpha value is -2.67. The first-order valence-corrected chi connectivity index (χ1v) is 11.6. The van der Waals surface area contributed by atoms with E-state index in [0.717, 1.165) is 81.1 Å². The van der Waals surface area contributed by atoms with E-state index in [4.69, 9.17) is 4.99 Å². The highest BCUT2D eigenvalue weighted by molar-refractivity contribution is 5.83. The van der Waals surface area contributed by atoms with Gasteiger partial charge < -0.3 is 15.1 Å². The van der Waals surface area contributed by atoms with E-state index in [1.807, 2.05) is 17.2 Å². The van der Waals surface area contributed by atoms with Crippen molar-refractivity contribution in [3.05, 3.63) is 42.1 Å². The Kier molecular flexibility index (Phi) is 7.02. The number of aliphatic imine (C=N–C) groups is 1. The fourth-order valence-electron chi connectivity index (χ4n) is 4.56. The lowest BCUT2D eigenvalue weighted by molar-refractivity contribution is -0.135. The molecule has 0 bridgehead atoms. The van der Waals surface area contributed by atoms with Gasteiger partial charge >= 0.3 is 0 Å². The SMILES string of the molecule is CCNC(=NCc1cccc2cccnc12)N1CCN(C(C)C(=O)N2CCCC2)CC1. The van der Waals surface area contributed by atoms with E-state index in [1.165, 1.54) is 0 Å². The van der Waals surface area contributed by atoms with E-state index in [9.17, 15) is 4.79 Å². The summed E-state index contributed by atoms with van der Waals surface area (Å²) in [5.74, 6) is 1.23. The van der Waals surface area contributed by atoms with Crippen molar-refractivity contribution in [1.82, 2.24) is 25.0 Å². The number of carbonyl (C=O) groups is 1. The van der Waals surface area contributed by atoms with Crippen LogP contribution < -0.4 is 5.32 Å². The number of para-hydroxylation sites is 1. The first-order valence-electron chi connectivity index (χ1n) is 11.6. The number of likely N-dealkylation sites (tertiary alicyclic amines) is 1. The normalized spacial score (nSPS) is 19.1. The van der Waals surface area contributed by atoms with Gasteiger partial charge in [0.1, 0.15) is 0 Å². The number of amides is 1. The van der Waals surface area contributed by atoms with Crippen LogP contribution in [0.3, 0.4) is 0 Å². The van der Waals surface area contributed by atoms with E-state index in [0.29, 0.717) is 6.54 Å². The van der Waals surface area contributed by atoms with Crippen LogP contribution in [0, 0.1) is 0 Å². The molecule has 31 heavy (non-hydrogen) atoms. The Bertz CT molecular complexity index is 910. The molecule has 1 aromatic heterocycles. The van der Waals surface area contributed by atoms with Gasteiger partial charge in [-0.15, -0.1) is 0 Å². The highest BCUT2D eigenvalue weighted by atomic mass is 16.2. The van der Waals surface area contributed by atoms with Crippen LogP contribution in [0.2, 0.25) is 0 Å². The summed E-state index contributed by atoms with van der Waals surface area (Å²) < 4.78 is 0. The smallest absolute Gasteiger partial charge is 0.239 e. The monoisotopic (exact) mass is 422 g/mol. The molecule has 7 heteroatoms. The lowest BCUT2D eigenvalue weighted by Crippen LogP contribution is -2.57. The Morgan fingerprint density at radius 2 is 1.81 bits per heavy atom. The first-order chi connectivity index (χ1) is 15.2. The zero-order chi connectivity index (χ0) is 21.6. The molecule has 1 unspecified atom stereocenters. The maximum atomic E-state index is 12.8. The van der Waals surface area contributed by atoms with Crippen molar-refractivity contribution in [3.8, 4) is 0 Å². The number of pyridine rings is 1. The minimum Gasteiger partial charge on any atom is -0.357 e. The molecule has 0 aliphatic carbocycles. The van der Waals surface area contributed by atoms with Crippen LogP contribution in [0.4, 0.5) is 0 Å². The lowest BCUT2D eigenvalue weighted by atomic mass is 10.1. The van der Waals surface area contributed by atoms with Crippen LogP contribution in [0.25, 0.3) is 10.9 Å². The van der Waals surface area contributed by atoms with Gasteiger partial charge in [-0.3, -0.25) is 14.7 Å². The predicted molar refractivity (Wildman–Crippen MR) is 125 cm³/mol. The summed E-state index contributed by atoms with van der Waals surface area (Å²) in [6, 6.07) is 10.3. The highest BCUT2D eigenvalue weighted by Gasteiger charge is 2.30. The van der Waals surface area contributed by atoms with Gasteiger partial charge in [-0.25, -0.2) is 4.99 Å². The summed E-state index contributed by atoms with van der Waals surface area (Å²) >= 11 is 0. The number of rotatable bonds is 5. The Morgan fingerprint density at radius 3 is 2.55 bits per heavy atom. The molecule has 4 rings (SSSR count). The number of nitrogens with one attached hydrogen (secondary N) is 1. The van der Waals surface area contributed by atoms with Crippen molar-refractivity contribution in [2.75, 3.05) is 45.8 Å². The van der Waals surface area contributed by atoms with Gasteiger partial charge in [0.2, 0.25) is 5.91 Å². The Balaban J connectivity index is 1.39. The second-order valence-corrected chi connectivity index (χ2v) is 8.39. The largest absolute Gasteiger partial charge is 0.357 e. The molecule has 2 aliphatic rings. The van der Waals surface area contributed by atoms with Gasteiger partial charge in [0.15, 0.2) is 5.96 Å². The minimum absolute atomic E-state index is 0.0402. The summed E-state index contributed by atoms with van der Waals surface area (Å²) in [6.45, 7) is 10.9. The second-order valence-electron chi connectivity index (χ2n) is 8.39. The third-order valence-corrected chi connectivity index (χ3v) is 6.39. The molecule has 2 saturated heterocycles. The van der Waals surface area contributed by atoms with E-state index < -0.39 is 0 Å². The van der Waals surface area contributed by atoms with Gasteiger partial charge in [0.25, 0.3) is 0 Å². The molecule has 166 valence electrons. The standard InChI is InChI=1S/C24H34N6O/c1-3-25-24(27-18-21-9-6-8-20-10-7-11-26-22(20)21)30-16-14-28(15-17-30)19(2)23(31)29-12-4-5-13-29/h6-11,19H,3-5,12-18H2,1-2H3,(H,25,27). The fourth-order valence-corrected chi connectivity index (χ4v) is 4.56. The number of nitrogens with zero attached hydrogens (tertiary/aromatic N) is 5. The van der Waals surface area contributed by atoms with Crippen LogP contribution in [0.1, 0.15) is 32.3 Å². The molecule has 0 saturated carbocycles. The number of benzene rings is 1. The summed E-state index contributed by atoms with van der Waals surface area (Å²) in [6.07, 6.45) is 4.12. The Morgan fingerprint density at radius 1 is 1.06 bits per heavy atom. The third kappa shape index (κ3) is 4.98. The fraction of sp³-hybridized carbons (Fsp3) is 0.542. The van der Waals surface area contributed by atoms with E-state index in [1.54, 1.807) is 0 Å². The van der Waals surface area contributed by atoms with Crippen molar-refractivity contribution in [3.63, 3.8) is 0 Å². The topological polar surface area (TPSA) is 64.1 Å². The molecule has 0 spiro atoms. The second kappa shape index (κ2) is 10.1. The summed E-state index contributed by atoms with van der Waals surface area (Å²) in [7, 11) is 0. The summed E-state index contributed by atoms with van der Waals surface area (Å²) in [5.41, 5.74) is 2.15. The zero-order valence-electron chi connectivity index (χ0n) is 18.8. The first kappa shape index (κ1) is 21.6. The molecular formula is C24H34N6O. The van der Waals surface area contributed by atoms with Crippen LogP contribution in [0.15, 0.2) is 41.5 Å². The van der Waals surface area contributed by atoms with E-state index in [2.05, 4.69) is 58.2 Å². The maximum absolute atomic E-state index is 12.8. The predicted octanol–water partition coefficient (Wildman–Crippen LogP) is 2.33. The zero-order valence-corrected chi connectivity index (χ0v) is 18.8. The number of hydrogen-bond acceptors (Lipinski definition) is 4. The molecule has 1 N–H and O–H groups in total. The molecule has 1 amide bonds. The van der Waals surface area contributed by atoms with Gasteiger partial charge in [0, 0.05) is 57.4 Å². The molecule has 7 nitrogen and oxygen atoms in total. The molecule has 0 radical (unpaired) electrons. The van der Waals surface area contributed by atoms with Crippen LogP contribution in [-0.4, -0.2) is 83.4 Å². The minimum atomic E-state index is -0.0402.